The van der Waals surface area contributed by atoms with Crippen molar-refractivity contribution in [1.29, 1.82) is 0 Å². The molecule has 1 atom stereocenters. The van der Waals surface area contributed by atoms with Gasteiger partial charge < -0.3 is 10.1 Å². The summed E-state index contributed by atoms with van der Waals surface area (Å²) in [5, 5.41) is 3.72. The van der Waals surface area contributed by atoms with Crippen molar-refractivity contribution in [3.8, 4) is 5.75 Å². The monoisotopic (exact) mass is 373 g/mol. The van der Waals surface area contributed by atoms with Crippen molar-refractivity contribution >= 4 is 17.5 Å². The van der Waals surface area contributed by atoms with Gasteiger partial charge >= 0.3 is 0 Å². The smallest absolute Gasteiger partial charge is 0.261 e. The van der Waals surface area contributed by atoms with Gasteiger partial charge in [-0.05, 0) is 66.6 Å². The molecule has 26 heavy (non-hydrogen) atoms. The van der Waals surface area contributed by atoms with Crippen molar-refractivity contribution in [2.75, 3.05) is 0 Å². The molecule has 0 radical (unpaired) electrons. The van der Waals surface area contributed by atoms with Gasteiger partial charge in [-0.2, -0.15) is 0 Å². The second kappa shape index (κ2) is 9.63. The third-order valence-corrected chi connectivity index (χ3v) is 5.01. The number of hydrogen-bond donors (Lipinski definition) is 1. The van der Waals surface area contributed by atoms with Crippen molar-refractivity contribution in [3.05, 3.63) is 63.7 Å². The van der Waals surface area contributed by atoms with Crippen LogP contribution in [0.1, 0.15) is 49.4 Å². The highest BCUT2D eigenvalue weighted by molar-refractivity contribution is 6.31. The summed E-state index contributed by atoms with van der Waals surface area (Å²) >= 11 is 6.05. The summed E-state index contributed by atoms with van der Waals surface area (Å²) in [4.78, 5) is 12.6. The molecule has 1 amide bonds. The number of carbonyl (C=O) groups is 1. The van der Waals surface area contributed by atoms with Crippen molar-refractivity contribution in [3.63, 3.8) is 0 Å². The van der Waals surface area contributed by atoms with E-state index in [2.05, 4.69) is 37.4 Å². The van der Waals surface area contributed by atoms with E-state index >= 15 is 0 Å². The predicted octanol–water partition coefficient (Wildman–Crippen LogP) is 5.25. The molecule has 0 aliphatic heterocycles. The maximum atomic E-state index is 12.6. The molecule has 2 aromatic rings. The molecule has 0 saturated heterocycles. The lowest BCUT2D eigenvalue weighted by Gasteiger charge is -2.18. The molecule has 0 aromatic heterocycles. The maximum Gasteiger partial charge on any atom is 0.261 e. The van der Waals surface area contributed by atoms with Crippen LogP contribution in [0.3, 0.4) is 0 Å². The van der Waals surface area contributed by atoms with Crippen LogP contribution < -0.4 is 10.1 Å². The highest BCUT2D eigenvalue weighted by atomic mass is 35.5. The van der Waals surface area contributed by atoms with Crippen molar-refractivity contribution in [1.82, 2.24) is 5.32 Å². The number of amides is 1. The molecule has 0 aliphatic rings. The minimum atomic E-state index is -0.519. The Hall–Kier alpha value is -2.00. The number of carbonyl (C=O) groups excluding carboxylic acids is 1. The van der Waals surface area contributed by atoms with Gasteiger partial charge in [0.25, 0.3) is 5.91 Å². The Morgan fingerprint density at radius 2 is 1.85 bits per heavy atom. The van der Waals surface area contributed by atoms with E-state index in [0.717, 1.165) is 18.4 Å². The third kappa shape index (κ3) is 5.25. The lowest BCUT2D eigenvalue weighted by Crippen LogP contribution is -2.37. The van der Waals surface area contributed by atoms with Gasteiger partial charge in [0.1, 0.15) is 5.75 Å². The Labute approximate surface area is 161 Å². The number of halogens is 1. The Balaban J connectivity index is 2.04. The summed E-state index contributed by atoms with van der Waals surface area (Å²) in [6.45, 7) is 8.66. The first-order chi connectivity index (χ1) is 12.5. The Morgan fingerprint density at radius 1 is 1.08 bits per heavy atom. The quantitative estimate of drug-likeness (QED) is 0.686. The van der Waals surface area contributed by atoms with Gasteiger partial charge in [0, 0.05) is 11.6 Å². The van der Waals surface area contributed by atoms with Crippen molar-refractivity contribution < 1.29 is 9.53 Å². The number of hydrogen-bond acceptors (Lipinski definition) is 2. The van der Waals surface area contributed by atoms with Crippen LogP contribution in [0.4, 0.5) is 0 Å². The number of rotatable bonds is 8. The normalized spacial score (nSPS) is 11.9. The average molecular weight is 374 g/mol. The Bertz CT molecular complexity index is 758. The van der Waals surface area contributed by atoms with Crippen LogP contribution in [0.15, 0.2) is 36.4 Å². The first-order valence-corrected chi connectivity index (χ1v) is 9.67. The number of benzene rings is 2. The molecule has 1 unspecified atom stereocenters. The molecule has 3 nitrogen and oxygen atoms in total. The highest BCUT2D eigenvalue weighted by Gasteiger charge is 2.18. The SMILES string of the molecule is CCc1ccc(CC)c(CNC(=O)C(CC)Oc2ccc(Cl)c(C)c2)c1. The van der Waals surface area contributed by atoms with Gasteiger partial charge in [0.05, 0.1) is 0 Å². The van der Waals surface area contributed by atoms with Crippen LogP contribution in [0.2, 0.25) is 5.02 Å². The second-order valence-corrected chi connectivity index (χ2v) is 6.86. The molecule has 0 aliphatic carbocycles. The molecule has 2 aromatic carbocycles. The lowest BCUT2D eigenvalue weighted by atomic mass is 10.0. The first kappa shape index (κ1) is 20.3. The van der Waals surface area contributed by atoms with Crippen molar-refractivity contribution in [2.24, 2.45) is 0 Å². The zero-order valence-corrected chi connectivity index (χ0v) is 16.8. The topological polar surface area (TPSA) is 38.3 Å². The van der Waals surface area contributed by atoms with E-state index in [1.807, 2.05) is 19.9 Å². The largest absolute Gasteiger partial charge is 0.481 e. The Morgan fingerprint density at radius 3 is 2.46 bits per heavy atom. The molecule has 0 spiro atoms. The molecule has 0 saturated carbocycles. The van der Waals surface area contributed by atoms with E-state index in [0.29, 0.717) is 23.7 Å². The molecule has 0 heterocycles. The standard InChI is InChI=1S/C22H28ClNO2/c1-5-16-8-9-17(6-2)18(13-16)14-24-22(25)21(7-3)26-19-10-11-20(23)15(4)12-19/h8-13,21H,5-7,14H2,1-4H3,(H,24,25). The van der Waals surface area contributed by atoms with E-state index in [4.69, 9.17) is 16.3 Å². The van der Waals surface area contributed by atoms with Gasteiger partial charge in [-0.25, -0.2) is 0 Å². The van der Waals surface area contributed by atoms with E-state index in [-0.39, 0.29) is 5.91 Å². The summed E-state index contributed by atoms with van der Waals surface area (Å²) in [6, 6.07) is 11.9. The van der Waals surface area contributed by atoms with Crippen LogP contribution in [0.5, 0.6) is 5.75 Å². The summed E-state index contributed by atoms with van der Waals surface area (Å²) in [5.74, 6) is 0.570. The minimum Gasteiger partial charge on any atom is -0.481 e. The van der Waals surface area contributed by atoms with Gasteiger partial charge in [0.15, 0.2) is 6.10 Å². The second-order valence-electron chi connectivity index (χ2n) is 6.45. The lowest BCUT2D eigenvalue weighted by molar-refractivity contribution is -0.128. The maximum absolute atomic E-state index is 12.6. The van der Waals surface area contributed by atoms with Crippen LogP contribution in [0, 0.1) is 6.92 Å². The number of aryl methyl sites for hydroxylation is 3. The van der Waals surface area contributed by atoms with E-state index in [9.17, 15) is 4.79 Å². The average Bonchev–Trinajstić information content (AvgIpc) is 2.66. The first-order valence-electron chi connectivity index (χ1n) is 9.29. The number of nitrogens with one attached hydrogen (secondary N) is 1. The molecule has 140 valence electrons. The summed E-state index contributed by atoms with van der Waals surface area (Å²) < 4.78 is 5.88. The zero-order chi connectivity index (χ0) is 19.1. The fourth-order valence-electron chi connectivity index (χ4n) is 2.88. The molecular weight excluding hydrogens is 346 g/mol. The van der Waals surface area contributed by atoms with E-state index < -0.39 is 6.10 Å². The zero-order valence-electron chi connectivity index (χ0n) is 16.1. The Kier molecular flexibility index (Phi) is 7.52. The summed E-state index contributed by atoms with van der Waals surface area (Å²) in [5.41, 5.74) is 4.66. The highest BCUT2D eigenvalue weighted by Crippen LogP contribution is 2.22. The molecule has 0 bridgehead atoms. The summed E-state index contributed by atoms with van der Waals surface area (Å²) in [7, 11) is 0. The van der Waals surface area contributed by atoms with Crippen LogP contribution in [-0.4, -0.2) is 12.0 Å². The fraction of sp³-hybridized carbons (Fsp3) is 0.409. The fourth-order valence-corrected chi connectivity index (χ4v) is 3.00. The minimum absolute atomic E-state index is 0.0935. The summed E-state index contributed by atoms with van der Waals surface area (Å²) in [6.07, 6.45) is 2.02. The molecule has 4 heteroatoms. The van der Waals surface area contributed by atoms with Gasteiger partial charge in [0.2, 0.25) is 0 Å². The number of ether oxygens (including phenoxy) is 1. The van der Waals surface area contributed by atoms with Crippen LogP contribution in [-0.2, 0) is 24.2 Å². The molecule has 2 rings (SSSR count). The third-order valence-electron chi connectivity index (χ3n) is 4.58. The van der Waals surface area contributed by atoms with Gasteiger partial charge in [-0.15, -0.1) is 0 Å². The van der Waals surface area contributed by atoms with Crippen LogP contribution >= 0.6 is 11.6 Å². The van der Waals surface area contributed by atoms with Gasteiger partial charge in [-0.1, -0.05) is 50.6 Å². The molecular formula is C22H28ClNO2. The van der Waals surface area contributed by atoms with Crippen molar-refractivity contribution in [2.45, 2.75) is 59.6 Å². The predicted molar refractivity (Wildman–Crippen MR) is 108 cm³/mol. The molecule has 1 N–H and O–H groups in total. The van der Waals surface area contributed by atoms with E-state index in [1.165, 1.54) is 16.7 Å². The van der Waals surface area contributed by atoms with Crippen LogP contribution in [0.25, 0.3) is 0 Å². The molecule has 0 fully saturated rings. The van der Waals surface area contributed by atoms with E-state index in [1.54, 1.807) is 12.1 Å². The van der Waals surface area contributed by atoms with Gasteiger partial charge in [-0.3, -0.25) is 4.79 Å².